The van der Waals surface area contributed by atoms with Crippen LogP contribution in [0.15, 0.2) is 35.2 Å². The molecule has 3 nitrogen and oxygen atoms in total. The monoisotopic (exact) mass is 242 g/mol. The van der Waals surface area contributed by atoms with Gasteiger partial charge in [-0.3, -0.25) is 0 Å². The summed E-state index contributed by atoms with van der Waals surface area (Å²) in [5, 5.41) is 0.744. The third kappa shape index (κ3) is 2.91. The molecule has 1 aromatic heterocycles. The van der Waals surface area contributed by atoms with Crippen molar-refractivity contribution in [3.63, 3.8) is 0 Å². The van der Waals surface area contributed by atoms with E-state index >= 15 is 0 Å². The van der Waals surface area contributed by atoms with Crippen LogP contribution in [0.5, 0.6) is 0 Å². The fraction of sp³-hybridized carbons (Fsp3) is 0.111. The molecule has 71 valence electrons. The van der Waals surface area contributed by atoms with Gasteiger partial charge < -0.3 is 0 Å². The van der Waals surface area contributed by atoms with Crippen molar-refractivity contribution in [1.82, 2.24) is 9.97 Å². The number of aliphatic imine (C=N–C) groups is 1. The zero-order valence-corrected chi connectivity index (χ0v) is 9.93. The van der Waals surface area contributed by atoms with E-state index in [0.29, 0.717) is 0 Å². The van der Waals surface area contributed by atoms with Gasteiger partial charge in [-0.05, 0) is 0 Å². The fourth-order valence-electron chi connectivity index (χ4n) is 0.846. The van der Waals surface area contributed by atoms with Crippen LogP contribution in [-0.4, -0.2) is 26.7 Å². The van der Waals surface area contributed by atoms with Crippen LogP contribution in [0.4, 0.5) is 0 Å². The van der Waals surface area contributed by atoms with Crippen LogP contribution in [0.1, 0.15) is 5.69 Å². The van der Waals surface area contributed by atoms with Crippen LogP contribution >= 0.6 is 11.8 Å². The van der Waals surface area contributed by atoms with Gasteiger partial charge >= 0.3 is 96.3 Å². The van der Waals surface area contributed by atoms with Crippen molar-refractivity contribution in [2.45, 2.75) is 5.16 Å². The summed E-state index contributed by atoms with van der Waals surface area (Å²) in [6, 6.07) is 1.83. The fourth-order valence-corrected chi connectivity index (χ4v) is 1.51. The van der Waals surface area contributed by atoms with Crippen molar-refractivity contribution in [1.29, 1.82) is 0 Å². The zero-order chi connectivity index (χ0) is 10.4. The Bertz CT molecular complexity index is 376. The number of hydrogen-bond donors (Lipinski definition) is 0. The molecule has 1 rings (SSSR count). The van der Waals surface area contributed by atoms with E-state index in [0.717, 1.165) is 16.6 Å². The molecule has 0 spiro atoms. The second-order valence-electron chi connectivity index (χ2n) is 2.25. The van der Waals surface area contributed by atoms with E-state index in [-0.39, 0.29) is 0 Å². The summed E-state index contributed by atoms with van der Waals surface area (Å²) in [7, 11) is 0. The SMILES string of the molecule is C=CN=C([CH]=[V])c1ccnc(SC)n1. The van der Waals surface area contributed by atoms with Crippen molar-refractivity contribution in [2.24, 2.45) is 4.99 Å². The summed E-state index contributed by atoms with van der Waals surface area (Å²) >= 11 is 3.86. The first-order valence-corrected chi connectivity index (χ1v) is 5.88. The van der Waals surface area contributed by atoms with Crippen molar-refractivity contribution in [3.8, 4) is 0 Å². The number of aromatic nitrogens is 2. The first-order valence-electron chi connectivity index (χ1n) is 3.85. The Balaban J connectivity index is 3.10. The van der Waals surface area contributed by atoms with Crippen molar-refractivity contribution >= 4 is 22.2 Å². The molecule has 0 amide bonds. The summed E-state index contributed by atoms with van der Waals surface area (Å²) in [6.07, 6.45) is 5.17. The van der Waals surface area contributed by atoms with Crippen LogP contribution in [0.25, 0.3) is 0 Å². The summed E-state index contributed by atoms with van der Waals surface area (Å²) in [5.41, 5.74) is 1.60. The standard InChI is InChI=1S/C9H9N3S.V/c1-4-10-7(2)8-5-6-11-9(12-8)13-3;/h2,4-6H,1H2,3H3;. The average Bonchev–Trinajstić information content (AvgIpc) is 2.26. The minimum absolute atomic E-state index is 0.744. The Hall–Kier alpha value is -0.706. The van der Waals surface area contributed by atoms with Gasteiger partial charge in [0.05, 0.1) is 0 Å². The van der Waals surface area contributed by atoms with Gasteiger partial charge in [0.1, 0.15) is 0 Å². The predicted octanol–water partition coefficient (Wildman–Crippen LogP) is 1.48. The van der Waals surface area contributed by atoms with Crippen LogP contribution in [-0.2, 0) is 17.0 Å². The van der Waals surface area contributed by atoms with Gasteiger partial charge in [0.25, 0.3) is 0 Å². The number of hydrogen-bond acceptors (Lipinski definition) is 4. The molecular weight excluding hydrogens is 233 g/mol. The molecule has 1 aromatic rings. The molecular formula is C9H9N3SV. The van der Waals surface area contributed by atoms with E-state index < -0.39 is 0 Å². The molecule has 0 aromatic carbocycles. The maximum atomic E-state index is 4.31. The number of rotatable bonds is 4. The van der Waals surface area contributed by atoms with Gasteiger partial charge in [-0.15, -0.1) is 0 Å². The van der Waals surface area contributed by atoms with E-state index in [4.69, 9.17) is 0 Å². The van der Waals surface area contributed by atoms with Gasteiger partial charge in [0.15, 0.2) is 0 Å². The number of thioether (sulfide) groups is 1. The molecule has 0 aliphatic heterocycles. The molecule has 0 fully saturated rings. The molecule has 0 N–H and O–H groups in total. The van der Waals surface area contributed by atoms with Crippen LogP contribution < -0.4 is 0 Å². The van der Waals surface area contributed by atoms with Crippen LogP contribution in [0.3, 0.4) is 0 Å². The van der Waals surface area contributed by atoms with Gasteiger partial charge in [-0.2, -0.15) is 0 Å². The third-order valence-electron chi connectivity index (χ3n) is 1.43. The second-order valence-corrected chi connectivity index (χ2v) is 3.43. The molecule has 5 heteroatoms. The van der Waals surface area contributed by atoms with E-state index in [2.05, 4.69) is 38.5 Å². The zero-order valence-electron chi connectivity index (χ0n) is 7.71. The predicted molar refractivity (Wildman–Crippen MR) is 56.6 cm³/mol. The Labute approximate surface area is 96.3 Å². The van der Waals surface area contributed by atoms with Crippen LogP contribution in [0.2, 0.25) is 0 Å². The molecule has 0 saturated heterocycles. The molecule has 1 heterocycles. The van der Waals surface area contributed by atoms with Crippen molar-refractivity contribution in [2.75, 3.05) is 6.26 Å². The summed E-state index contributed by atoms with van der Waals surface area (Å²) < 4.78 is 1.83. The molecule has 14 heavy (non-hydrogen) atoms. The Morgan fingerprint density at radius 1 is 1.71 bits per heavy atom. The van der Waals surface area contributed by atoms with Gasteiger partial charge in [-0.25, -0.2) is 0 Å². The van der Waals surface area contributed by atoms with E-state index in [1.54, 1.807) is 6.20 Å². The molecule has 0 radical (unpaired) electrons. The molecule has 0 aliphatic rings. The second kappa shape index (κ2) is 5.91. The Morgan fingerprint density at radius 3 is 3.07 bits per heavy atom. The molecule has 0 aliphatic carbocycles. The normalized spacial score (nSPS) is 11.0. The Kier molecular flexibility index (Phi) is 4.80. The maximum absolute atomic E-state index is 4.31. The summed E-state index contributed by atoms with van der Waals surface area (Å²) in [5.74, 6) is 0. The first-order chi connectivity index (χ1) is 6.81. The van der Waals surface area contributed by atoms with Gasteiger partial charge in [-0.1, -0.05) is 0 Å². The minimum atomic E-state index is 0.744. The molecule has 0 atom stereocenters. The molecule has 0 bridgehead atoms. The van der Waals surface area contributed by atoms with Crippen molar-refractivity contribution < 1.29 is 17.0 Å². The van der Waals surface area contributed by atoms with E-state index in [1.807, 2.05) is 17.1 Å². The summed E-state index contributed by atoms with van der Waals surface area (Å²) in [6.45, 7) is 3.55. The van der Waals surface area contributed by atoms with Gasteiger partial charge in [0, 0.05) is 0 Å². The topological polar surface area (TPSA) is 38.1 Å². The van der Waals surface area contributed by atoms with Crippen molar-refractivity contribution in [3.05, 3.63) is 30.7 Å². The third-order valence-corrected chi connectivity index (χ3v) is 2.37. The first kappa shape index (κ1) is 11.4. The average molecular weight is 242 g/mol. The van der Waals surface area contributed by atoms with Crippen LogP contribution in [0, 0.1) is 0 Å². The van der Waals surface area contributed by atoms with Gasteiger partial charge in [0.2, 0.25) is 0 Å². The quantitative estimate of drug-likeness (QED) is 0.456. The Morgan fingerprint density at radius 2 is 2.50 bits per heavy atom. The number of nitrogens with zero attached hydrogens (tertiary/aromatic N) is 3. The van der Waals surface area contributed by atoms with E-state index in [1.165, 1.54) is 18.0 Å². The molecule has 0 unspecified atom stereocenters. The van der Waals surface area contributed by atoms with E-state index in [9.17, 15) is 0 Å². The molecule has 0 saturated carbocycles. The summed E-state index contributed by atoms with van der Waals surface area (Å²) in [4.78, 5) is 12.5.